The van der Waals surface area contributed by atoms with Crippen LogP contribution in [0.5, 0.6) is 5.75 Å². The van der Waals surface area contributed by atoms with Gasteiger partial charge in [0.2, 0.25) is 5.91 Å². The maximum Gasteiger partial charge on any atom is 0.330 e. The number of aliphatic hydroxyl groups is 1. The van der Waals surface area contributed by atoms with Gasteiger partial charge >= 0.3 is 5.97 Å². The zero-order valence-corrected chi connectivity index (χ0v) is 18.6. The van der Waals surface area contributed by atoms with E-state index in [1.54, 1.807) is 49.4 Å². The van der Waals surface area contributed by atoms with Crippen LogP contribution in [0.1, 0.15) is 21.6 Å². The number of nitrogens with one attached hydrogen (secondary N) is 1. The van der Waals surface area contributed by atoms with Gasteiger partial charge in [-0.3, -0.25) is 14.2 Å². The summed E-state index contributed by atoms with van der Waals surface area (Å²) in [5.41, 5.74) is 2.22. The molecule has 1 aromatic heterocycles. The monoisotopic (exact) mass is 458 g/mol. The fourth-order valence-corrected chi connectivity index (χ4v) is 3.65. The van der Waals surface area contributed by atoms with Crippen molar-refractivity contribution in [1.29, 1.82) is 0 Å². The van der Waals surface area contributed by atoms with Gasteiger partial charge in [0.15, 0.2) is 6.04 Å². The van der Waals surface area contributed by atoms with Crippen LogP contribution >= 0.6 is 11.6 Å². The number of aliphatic hydroxyl groups excluding tert-OH is 1. The molecule has 0 aliphatic rings. The molecule has 1 atom stereocenters. The van der Waals surface area contributed by atoms with Crippen molar-refractivity contribution in [3.05, 3.63) is 64.3 Å². The Morgan fingerprint density at radius 1 is 1.12 bits per heavy atom. The van der Waals surface area contributed by atoms with Crippen molar-refractivity contribution < 1.29 is 29.0 Å². The van der Waals surface area contributed by atoms with Crippen LogP contribution in [0.15, 0.2) is 42.5 Å². The van der Waals surface area contributed by atoms with E-state index in [-0.39, 0.29) is 12.3 Å². The molecule has 2 aromatic carbocycles. The van der Waals surface area contributed by atoms with Gasteiger partial charge in [-0.1, -0.05) is 11.6 Å². The molecule has 0 aliphatic carbocycles. The van der Waals surface area contributed by atoms with Crippen LogP contribution in [0, 0.1) is 6.92 Å². The van der Waals surface area contributed by atoms with Crippen molar-refractivity contribution in [2.24, 2.45) is 0 Å². The summed E-state index contributed by atoms with van der Waals surface area (Å²) in [5.74, 6) is -0.959. The van der Waals surface area contributed by atoms with Gasteiger partial charge < -0.3 is 19.9 Å². The summed E-state index contributed by atoms with van der Waals surface area (Å²) < 4.78 is 11.4. The minimum atomic E-state index is -1.17. The van der Waals surface area contributed by atoms with E-state index in [0.717, 1.165) is 0 Å². The maximum atomic E-state index is 13.3. The smallest absolute Gasteiger partial charge is 0.330 e. The molecule has 0 aliphatic heterocycles. The summed E-state index contributed by atoms with van der Waals surface area (Å²) in [5, 5.41) is 13.0. The first kappa shape index (κ1) is 23.3. The Bertz CT molecular complexity index is 1170. The van der Waals surface area contributed by atoms with Gasteiger partial charge in [0, 0.05) is 21.7 Å². The van der Waals surface area contributed by atoms with Crippen molar-refractivity contribution in [1.82, 2.24) is 9.88 Å². The highest BCUT2D eigenvalue weighted by Gasteiger charge is 2.25. The first-order valence-corrected chi connectivity index (χ1v) is 10.1. The second-order valence-corrected chi connectivity index (χ2v) is 7.53. The number of aromatic nitrogens is 1. The Kier molecular flexibility index (Phi) is 7.17. The van der Waals surface area contributed by atoms with Crippen molar-refractivity contribution >= 4 is 40.3 Å². The highest BCUT2D eigenvalue weighted by molar-refractivity contribution is 6.30. The SMILES string of the molecule is COC(=O)[C@H](CO)NC(=O)Cc1c(C)n(C(=O)c2ccc(Cl)cc2)c2ccc(OC)cc12. The minimum absolute atomic E-state index is 0.121. The third-order valence-corrected chi connectivity index (χ3v) is 5.43. The second-order valence-electron chi connectivity index (χ2n) is 7.10. The number of rotatable bonds is 7. The number of benzene rings is 2. The van der Waals surface area contributed by atoms with Gasteiger partial charge in [0.1, 0.15) is 5.75 Å². The van der Waals surface area contributed by atoms with Crippen molar-refractivity contribution in [2.45, 2.75) is 19.4 Å². The first-order valence-electron chi connectivity index (χ1n) is 9.77. The number of methoxy groups -OCH3 is 2. The number of esters is 1. The molecule has 0 saturated heterocycles. The number of carbonyl (C=O) groups is 3. The van der Waals surface area contributed by atoms with E-state index in [9.17, 15) is 19.5 Å². The molecule has 0 fully saturated rings. The summed E-state index contributed by atoms with van der Waals surface area (Å²) in [6, 6.07) is 10.6. The second kappa shape index (κ2) is 9.84. The Morgan fingerprint density at radius 2 is 1.81 bits per heavy atom. The van der Waals surface area contributed by atoms with Crippen LogP contribution in [0.3, 0.4) is 0 Å². The molecule has 0 spiro atoms. The topological polar surface area (TPSA) is 107 Å². The average Bonchev–Trinajstić information content (AvgIpc) is 3.07. The molecule has 1 amide bonds. The van der Waals surface area contributed by atoms with E-state index in [0.29, 0.717) is 38.5 Å². The fourth-order valence-electron chi connectivity index (χ4n) is 3.52. The molecule has 9 heteroatoms. The van der Waals surface area contributed by atoms with Crippen LogP contribution in [-0.4, -0.2) is 54.3 Å². The quantitative estimate of drug-likeness (QED) is 0.527. The average molecular weight is 459 g/mol. The number of ether oxygens (including phenoxy) is 2. The molecule has 2 N–H and O–H groups in total. The lowest BCUT2D eigenvalue weighted by atomic mass is 10.1. The largest absolute Gasteiger partial charge is 0.497 e. The highest BCUT2D eigenvalue weighted by Crippen LogP contribution is 2.31. The van der Waals surface area contributed by atoms with E-state index in [1.807, 2.05) is 0 Å². The summed E-state index contributed by atoms with van der Waals surface area (Å²) in [6.45, 7) is 1.15. The van der Waals surface area contributed by atoms with Crippen LogP contribution in [0.2, 0.25) is 5.02 Å². The number of hydrogen-bond donors (Lipinski definition) is 2. The Morgan fingerprint density at radius 3 is 2.41 bits per heavy atom. The van der Waals surface area contributed by atoms with Gasteiger partial charge in [-0.25, -0.2) is 4.79 Å². The number of nitrogens with zero attached hydrogens (tertiary/aromatic N) is 1. The molecular weight excluding hydrogens is 436 g/mol. The van der Waals surface area contributed by atoms with Gasteiger partial charge in [-0.05, 0) is 55.0 Å². The maximum absolute atomic E-state index is 13.3. The molecule has 0 bridgehead atoms. The van der Waals surface area contributed by atoms with Crippen molar-refractivity contribution in [3.8, 4) is 5.75 Å². The van der Waals surface area contributed by atoms with E-state index < -0.39 is 24.5 Å². The molecule has 0 saturated carbocycles. The first-order chi connectivity index (χ1) is 15.3. The van der Waals surface area contributed by atoms with Gasteiger partial charge in [0.25, 0.3) is 5.91 Å². The fraction of sp³-hybridized carbons (Fsp3) is 0.261. The molecule has 3 aromatic rings. The zero-order chi connectivity index (χ0) is 23.4. The summed E-state index contributed by atoms with van der Waals surface area (Å²) in [6.07, 6.45) is -0.121. The van der Waals surface area contributed by atoms with Crippen LogP contribution in [-0.2, 0) is 20.7 Å². The number of halogens is 1. The third kappa shape index (κ3) is 4.61. The molecule has 0 unspecified atom stereocenters. The summed E-state index contributed by atoms with van der Waals surface area (Å²) >= 11 is 5.94. The van der Waals surface area contributed by atoms with Gasteiger partial charge in [-0.2, -0.15) is 0 Å². The lowest BCUT2D eigenvalue weighted by Gasteiger charge is -2.14. The molecular formula is C23H23ClN2O6. The lowest BCUT2D eigenvalue weighted by molar-refractivity contribution is -0.146. The van der Waals surface area contributed by atoms with Crippen LogP contribution < -0.4 is 10.1 Å². The molecule has 0 radical (unpaired) electrons. The lowest BCUT2D eigenvalue weighted by Crippen LogP contribution is -2.44. The van der Waals surface area contributed by atoms with E-state index in [4.69, 9.17) is 16.3 Å². The predicted molar refractivity (Wildman–Crippen MR) is 119 cm³/mol. The Balaban J connectivity index is 2.05. The number of amides is 1. The van der Waals surface area contributed by atoms with E-state index in [1.165, 1.54) is 18.8 Å². The van der Waals surface area contributed by atoms with Crippen LogP contribution in [0.25, 0.3) is 10.9 Å². The number of hydrogen-bond acceptors (Lipinski definition) is 6. The summed E-state index contributed by atoms with van der Waals surface area (Å²) in [7, 11) is 2.70. The highest BCUT2D eigenvalue weighted by atomic mass is 35.5. The molecule has 8 nitrogen and oxygen atoms in total. The Hall–Kier alpha value is -3.36. The normalized spacial score (nSPS) is 11.8. The molecule has 32 heavy (non-hydrogen) atoms. The van der Waals surface area contributed by atoms with Gasteiger partial charge in [0.05, 0.1) is 32.8 Å². The van der Waals surface area contributed by atoms with Gasteiger partial charge in [-0.15, -0.1) is 0 Å². The van der Waals surface area contributed by atoms with E-state index >= 15 is 0 Å². The number of carbonyl (C=O) groups excluding carboxylic acids is 3. The predicted octanol–water partition coefficient (Wildman–Crippen LogP) is 2.49. The van der Waals surface area contributed by atoms with Crippen molar-refractivity contribution in [2.75, 3.05) is 20.8 Å². The molecule has 3 rings (SSSR count). The minimum Gasteiger partial charge on any atom is -0.497 e. The van der Waals surface area contributed by atoms with Crippen molar-refractivity contribution in [3.63, 3.8) is 0 Å². The third-order valence-electron chi connectivity index (χ3n) is 5.18. The standard InChI is InChI=1S/C23H23ClN2O6/c1-13-17(11-21(28)25-19(12-27)23(30)32-3)18-10-16(31-2)8-9-20(18)26(13)22(29)14-4-6-15(24)7-5-14/h4-10,19,27H,11-12H2,1-3H3,(H,25,28)/t19-/m0/s1. The van der Waals surface area contributed by atoms with Crippen LogP contribution in [0.4, 0.5) is 0 Å². The molecule has 168 valence electrons. The van der Waals surface area contributed by atoms with E-state index in [2.05, 4.69) is 10.1 Å². The Labute approximate surface area is 189 Å². The zero-order valence-electron chi connectivity index (χ0n) is 17.8. The molecule has 1 heterocycles. The number of fused-ring (bicyclic) bond motifs is 1. The summed E-state index contributed by atoms with van der Waals surface area (Å²) in [4.78, 5) is 37.7.